The summed E-state index contributed by atoms with van der Waals surface area (Å²) in [5, 5.41) is 10.9. The smallest absolute Gasteiger partial charge is 0.416 e. The summed E-state index contributed by atoms with van der Waals surface area (Å²) >= 11 is 0. The van der Waals surface area contributed by atoms with E-state index in [9.17, 15) is 18.0 Å². The van der Waals surface area contributed by atoms with Crippen LogP contribution in [-0.2, 0) is 27.1 Å². The van der Waals surface area contributed by atoms with E-state index in [1.54, 1.807) is 12.1 Å². The Morgan fingerprint density at radius 3 is 2.16 bits per heavy atom. The first kappa shape index (κ1) is 28.5. The molecular formula is C22H31F3N2O4. The van der Waals surface area contributed by atoms with Gasteiger partial charge in [0.2, 0.25) is 0 Å². The summed E-state index contributed by atoms with van der Waals surface area (Å²) in [6, 6.07) is 6.69. The second-order valence-corrected chi connectivity index (χ2v) is 6.90. The van der Waals surface area contributed by atoms with E-state index >= 15 is 0 Å². The van der Waals surface area contributed by atoms with Gasteiger partial charge in [-0.3, -0.25) is 4.90 Å². The van der Waals surface area contributed by atoms with Crippen LogP contribution in [0, 0.1) is 0 Å². The lowest BCUT2D eigenvalue weighted by molar-refractivity contribution is -0.191. The topological polar surface area (TPSA) is 86.7 Å². The predicted octanol–water partition coefficient (Wildman–Crippen LogP) is 4.12. The Balaban J connectivity index is 0.000000968. The predicted molar refractivity (Wildman–Crippen MR) is 110 cm³/mol. The molecule has 0 spiro atoms. The third-order valence-corrected chi connectivity index (χ3v) is 5.04. The molecule has 0 aromatic heterocycles. The van der Waals surface area contributed by atoms with Crippen molar-refractivity contribution in [3.63, 3.8) is 0 Å². The number of hydrogen-bond acceptors (Lipinski definition) is 5. The van der Waals surface area contributed by atoms with Crippen molar-refractivity contribution in [3.05, 3.63) is 48.0 Å². The van der Waals surface area contributed by atoms with Gasteiger partial charge in [-0.1, -0.05) is 38.6 Å². The number of nitrogens with one attached hydrogen (secondary N) is 1. The van der Waals surface area contributed by atoms with E-state index in [0.717, 1.165) is 44.8 Å². The maximum atomic E-state index is 13.3. The summed E-state index contributed by atoms with van der Waals surface area (Å²) in [5.41, 5.74) is -0.102. The number of hydrogen-bond donors (Lipinski definition) is 2. The van der Waals surface area contributed by atoms with Crippen LogP contribution in [0.4, 0.5) is 13.2 Å². The fourth-order valence-corrected chi connectivity index (χ4v) is 3.58. The molecule has 0 unspecified atom stereocenters. The minimum atomic E-state index is -4.29. The van der Waals surface area contributed by atoms with Crippen molar-refractivity contribution in [3.8, 4) is 0 Å². The van der Waals surface area contributed by atoms with Gasteiger partial charge in [-0.05, 0) is 50.4 Å². The molecule has 0 amide bonds. The van der Waals surface area contributed by atoms with Crippen molar-refractivity contribution in [2.24, 2.45) is 0 Å². The molecule has 9 heteroatoms. The Bertz CT molecular complexity index is 694. The third kappa shape index (κ3) is 10.9. The summed E-state index contributed by atoms with van der Waals surface area (Å²) in [6.45, 7) is 9.48. The highest BCUT2D eigenvalue weighted by molar-refractivity contribution is 5.78. The number of carbonyl (C=O) groups is 1. The third-order valence-electron chi connectivity index (χ3n) is 5.04. The van der Waals surface area contributed by atoms with Crippen molar-refractivity contribution in [2.75, 3.05) is 13.1 Å². The SMILES string of the molecule is C=CC(=O)O.CCC(CC)N(Cc1ccccc1C(F)(F)F)C1CCNCC1.O=C=O. The van der Waals surface area contributed by atoms with Crippen LogP contribution in [0.5, 0.6) is 0 Å². The largest absolute Gasteiger partial charge is 0.478 e. The van der Waals surface area contributed by atoms with E-state index in [2.05, 4.69) is 30.6 Å². The highest BCUT2D eigenvalue weighted by Crippen LogP contribution is 2.33. The fourth-order valence-electron chi connectivity index (χ4n) is 3.58. The second-order valence-electron chi connectivity index (χ2n) is 6.90. The normalized spacial score (nSPS) is 14.0. The summed E-state index contributed by atoms with van der Waals surface area (Å²) in [4.78, 5) is 27.8. The first-order valence-corrected chi connectivity index (χ1v) is 10.1. The van der Waals surface area contributed by atoms with Crippen LogP contribution in [0.1, 0.15) is 50.7 Å². The molecule has 0 bridgehead atoms. The molecule has 1 saturated heterocycles. The maximum absolute atomic E-state index is 13.3. The number of alkyl halides is 3. The van der Waals surface area contributed by atoms with Crippen molar-refractivity contribution in [2.45, 2.75) is 64.3 Å². The number of nitrogens with zero attached hydrogens (tertiary/aromatic N) is 1. The van der Waals surface area contributed by atoms with Gasteiger partial charge < -0.3 is 10.4 Å². The Hall–Kier alpha value is -2.48. The molecule has 1 aliphatic heterocycles. The van der Waals surface area contributed by atoms with Crippen LogP contribution in [-0.4, -0.2) is 47.3 Å². The Morgan fingerprint density at radius 1 is 1.26 bits per heavy atom. The molecule has 6 nitrogen and oxygen atoms in total. The number of carbonyl (C=O) groups excluding carboxylic acids is 2. The molecule has 1 heterocycles. The molecule has 0 saturated carbocycles. The minimum Gasteiger partial charge on any atom is -0.478 e. The number of halogens is 3. The van der Waals surface area contributed by atoms with E-state index in [1.807, 2.05) is 0 Å². The molecule has 2 N–H and O–H groups in total. The van der Waals surface area contributed by atoms with Crippen LogP contribution in [0.15, 0.2) is 36.9 Å². The zero-order chi connectivity index (χ0) is 23.9. The zero-order valence-electron chi connectivity index (χ0n) is 18.0. The van der Waals surface area contributed by atoms with E-state index < -0.39 is 17.7 Å². The molecule has 1 aromatic rings. The van der Waals surface area contributed by atoms with Gasteiger partial charge in [-0.2, -0.15) is 22.8 Å². The molecule has 31 heavy (non-hydrogen) atoms. The average Bonchev–Trinajstić information content (AvgIpc) is 2.75. The maximum Gasteiger partial charge on any atom is 0.416 e. The van der Waals surface area contributed by atoms with Crippen LogP contribution >= 0.6 is 0 Å². The van der Waals surface area contributed by atoms with Crippen LogP contribution in [0.3, 0.4) is 0 Å². The molecule has 0 radical (unpaired) electrons. The summed E-state index contributed by atoms with van der Waals surface area (Å²) in [6.07, 6.45) is 0.739. The standard InChI is InChI=1S/C18H27F3N2.C3H4O2.CO2/c1-3-15(4-2)23(16-9-11-22-12-10-16)13-14-7-5-6-8-17(14)18(19,20)21;1-2-3(4)5;2-1-3/h5-8,15-16,22H,3-4,9-13H2,1-2H3;2H,1H2,(H,4,5);. The Labute approximate surface area is 181 Å². The number of aliphatic carboxylic acids is 1. The van der Waals surface area contributed by atoms with Crippen LogP contribution in [0.2, 0.25) is 0 Å². The molecular weight excluding hydrogens is 413 g/mol. The van der Waals surface area contributed by atoms with Gasteiger partial charge in [-0.15, -0.1) is 0 Å². The van der Waals surface area contributed by atoms with Gasteiger partial charge in [0.1, 0.15) is 0 Å². The summed E-state index contributed by atoms with van der Waals surface area (Å²) < 4.78 is 39.8. The highest BCUT2D eigenvalue weighted by Gasteiger charge is 2.34. The summed E-state index contributed by atoms with van der Waals surface area (Å²) in [5.74, 6) is -0.981. The number of carboxylic acid groups (broad SMARTS) is 1. The lowest BCUT2D eigenvalue weighted by atomic mass is 9.97. The van der Waals surface area contributed by atoms with Gasteiger partial charge >= 0.3 is 18.3 Å². The van der Waals surface area contributed by atoms with Crippen molar-refractivity contribution in [1.29, 1.82) is 0 Å². The van der Waals surface area contributed by atoms with Gasteiger partial charge in [0.25, 0.3) is 0 Å². The Kier molecular flexibility index (Phi) is 14.1. The van der Waals surface area contributed by atoms with Gasteiger partial charge in [0, 0.05) is 24.7 Å². The first-order chi connectivity index (χ1) is 14.7. The van der Waals surface area contributed by atoms with E-state index in [1.165, 1.54) is 12.1 Å². The quantitative estimate of drug-likeness (QED) is 0.616. The lowest BCUT2D eigenvalue weighted by Gasteiger charge is -2.40. The van der Waals surface area contributed by atoms with Crippen molar-refractivity contribution >= 4 is 12.1 Å². The number of piperidine rings is 1. The van der Waals surface area contributed by atoms with Gasteiger partial charge in [0.05, 0.1) is 5.56 Å². The van der Waals surface area contributed by atoms with Gasteiger partial charge in [0.15, 0.2) is 0 Å². The van der Waals surface area contributed by atoms with Gasteiger partial charge in [-0.25, -0.2) is 4.79 Å². The second kappa shape index (κ2) is 15.3. The first-order valence-electron chi connectivity index (χ1n) is 10.1. The van der Waals surface area contributed by atoms with E-state index in [0.29, 0.717) is 24.2 Å². The average molecular weight is 444 g/mol. The molecule has 0 aliphatic carbocycles. The molecule has 1 fully saturated rings. The van der Waals surface area contributed by atoms with Crippen LogP contribution < -0.4 is 5.32 Å². The van der Waals surface area contributed by atoms with E-state index in [4.69, 9.17) is 14.7 Å². The number of carboxylic acids is 1. The zero-order valence-corrected chi connectivity index (χ0v) is 18.0. The molecule has 174 valence electrons. The molecule has 2 rings (SSSR count). The highest BCUT2D eigenvalue weighted by atomic mass is 19.4. The molecule has 0 atom stereocenters. The van der Waals surface area contributed by atoms with E-state index in [-0.39, 0.29) is 6.15 Å². The monoisotopic (exact) mass is 444 g/mol. The van der Waals surface area contributed by atoms with Crippen LogP contribution in [0.25, 0.3) is 0 Å². The van der Waals surface area contributed by atoms with Crippen molar-refractivity contribution < 1.29 is 32.7 Å². The number of benzene rings is 1. The Morgan fingerprint density at radius 2 is 1.74 bits per heavy atom. The fraction of sp³-hybridized carbons (Fsp3) is 0.545. The molecule has 1 aliphatic rings. The number of rotatable bonds is 7. The minimum absolute atomic E-state index is 0.250. The lowest BCUT2D eigenvalue weighted by Crippen LogP contribution is -2.47. The summed E-state index contributed by atoms with van der Waals surface area (Å²) in [7, 11) is 0. The van der Waals surface area contributed by atoms with Crippen molar-refractivity contribution in [1.82, 2.24) is 10.2 Å². The molecule has 1 aromatic carbocycles.